The van der Waals surface area contributed by atoms with E-state index in [0.717, 1.165) is 68.4 Å². The molecule has 0 spiro atoms. The fourth-order valence-electron chi connectivity index (χ4n) is 4.89. The molecule has 0 unspecified atom stereocenters. The molecule has 184 valence electrons. The molecule has 35 heavy (non-hydrogen) atoms. The number of benzene rings is 2. The van der Waals surface area contributed by atoms with Crippen LogP contribution in [-0.2, 0) is 4.79 Å². The van der Waals surface area contributed by atoms with Crippen LogP contribution in [0.25, 0.3) is 11.4 Å². The van der Waals surface area contributed by atoms with Gasteiger partial charge in [0, 0.05) is 61.5 Å². The number of piperazine rings is 1. The predicted molar refractivity (Wildman–Crippen MR) is 139 cm³/mol. The molecule has 1 aromatic heterocycles. The highest BCUT2D eigenvalue weighted by atomic mass is 35.5. The Morgan fingerprint density at radius 1 is 0.914 bits per heavy atom. The Kier molecular flexibility index (Phi) is 6.95. The van der Waals surface area contributed by atoms with Crippen molar-refractivity contribution in [2.24, 2.45) is 5.92 Å². The highest BCUT2D eigenvalue weighted by molar-refractivity contribution is 6.30. The number of hydrogen-bond acceptors (Lipinski definition) is 6. The third kappa shape index (κ3) is 5.30. The Morgan fingerprint density at radius 2 is 1.57 bits per heavy atom. The number of aromatic nitrogens is 2. The van der Waals surface area contributed by atoms with E-state index in [1.165, 1.54) is 5.56 Å². The average Bonchev–Trinajstić information content (AvgIpc) is 3.39. The van der Waals surface area contributed by atoms with E-state index in [1.54, 1.807) is 0 Å². The lowest BCUT2D eigenvalue weighted by molar-refractivity contribution is -0.136. The zero-order valence-electron chi connectivity index (χ0n) is 20.4. The van der Waals surface area contributed by atoms with Crippen LogP contribution in [0.15, 0.2) is 53.1 Å². The van der Waals surface area contributed by atoms with Gasteiger partial charge in [-0.3, -0.25) is 4.79 Å². The number of nitrogens with zero attached hydrogens (tertiary/aromatic N) is 5. The number of halogens is 1. The van der Waals surface area contributed by atoms with Crippen LogP contribution in [0.2, 0.25) is 5.02 Å². The Hall–Kier alpha value is -3.06. The predicted octanol–water partition coefficient (Wildman–Crippen LogP) is 5.08. The first-order chi connectivity index (χ1) is 17.0. The van der Waals surface area contributed by atoms with Crippen LogP contribution in [0, 0.1) is 5.92 Å². The molecule has 2 aromatic carbocycles. The zero-order valence-corrected chi connectivity index (χ0v) is 21.1. The molecule has 5 rings (SSSR count). The molecule has 8 heteroatoms. The van der Waals surface area contributed by atoms with Crippen molar-refractivity contribution in [1.29, 1.82) is 0 Å². The lowest BCUT2D eigenvalue weighted by Gasteiger charge is -2.39. The minimum Gasteiger partial charge on any atom is -0.368 e. The molecule has 1 amide bonds. The lowest BCUT2D eigenvalue weighted by atomic mass is 9.95. The Morgan fingerprint density at radius 3 is 2.20 bits per heavy atom. The first-order valence-electron chi connectivity index (χ1n) is 12.5. The zero-order chi connectivity index (χ0) is 24.4. The molecule has 0 N–H and O–H groups in total. The topological polar surface area (TPSA) is 65.7 Å². The van der Waals surface area contributed by atoms with Crippen molar-refractivity contribution in [3.63, 3.8) is 0 Å². The van der Waals surface area contributed by atoms with Crippen LogP contribution in [0.5, 0.6) is 0 Å². The third-order valence-electron chi connectivity index (χ3n) is 7.15. The second kappa shape index (κ2) is 10.3. The number of carbonyl (C=O) groups excluding carboxylic acids is 1. The largest absolute Gasteiger partial charge is 0.368 e. The first-order valence-corrected chi connectivity index (χ1v) is 12.8. The van der Waals surface area contributed by atoms with E-state index in [9.17, 15) is 4.79 Å². The van der Waals surface area contributed by atoms with Crippen molar-refractivity contribution in [1.82, 2.24) is 15.0 Å². The maximum atomic E-state index is 13.2. The molecule has 2 aliphatic heterocycles. The number of rotatable bonds is 5. The average molecular weight is 494 g/mol. The molecular formula is C27H32ClN5O2. The summed E-state index contributed by atoms with van der Waals surface area (Å²) in [6.07, 6.45) is 1.61. The van der Waals surface area contributed by atoms with Crippen LogP contribution < -0.4 is 9.80 Å². The quantitative estimate of drug-likeness (QED) is 0.494. The SMILES string of the molecule is CC(C)c1ccc(-c2noc(N3CCC(C(=O)N4CCN(c5ccc(Cl)cc5)CC4)CC3)n2)cc1. The number of hydrogen-bond donors (Lipinski definition) is 0. The second-order valence-corrected chi connectivity index (χ2v) is 10.2. The summed E-state index contributed by atoms with van der Waals surface area (Å²) in [5.41, 5.74) is 3.40. The van der Waals surface area contributed by atoms with Gasteiger partial charge >= 0.3 is 6.01 Å². The van der Waals surface area contributed by atoms with Gasteiger partial charge in [-0.1, -0.05) is 54.9 Å². The molecule has 0 aliphatic carbocycles. The highest BCUT2D eigenvalue weighted by Gasteiger charge is 2.32. The fraction of sp³-hybridized carbons (Fsp3) is 0.444. The van der Waals surface area contributed by atoms with Gasteiger partial charge in [-0.15, -0.1) is 0 Å². The van der Waals surface area contributed by atoms with E-state index in [2.05, 4.69) is 45.9 Å². The van der Waals surface area contributed by atoms with Crippen LogP contribution in [0.4, 0.5) is 11.7 Å². The smallest absolute Gasteiger partial charge is 0.324 e. The summed E-state index contributed by atoms with van der Waals surface area (Å²) in [7, 11) is 0. The van der Waals surface area contributed by atoms with Gasteiger partial charge in [0.25, 0.3) is 0 Å². The molecular weight excluding hydrogens is 462 g/mol. The summed E-state index contributed by atoms with van der Waals surface area (Å²) < 4.78 is 5.57. The molecule has 0 bridgehead atoms. The van der Waals surface area contributed by atoms with Crippen LogP contribution >= 0.6 is 11.6 Å². The number of carbonyl (C=O) groups is 1. The normalized spacial score (nSPS) is 17.3. The van der Waals surface area contributed by atoms with Crippen molar-refractivity contribution in [3.8, 4) is 11.4 Å². The van der Waals surface area contributed by atoms with Crippen molar-refractivity contribution in [2.45, 2.75) is 32.6 Å². The van der Waals surface area contributed by atoms with E-state index in [0.29, 0.717) is 17.8 Å². The van der Waals surface area contributed by atoms with Crippen molar-refractivity contribution < 1.29 is 9.32 Å². The van der Waals surface area contributed by atoms with Gasteiger partial charge in [0.1, 0.15) is 0 Å². The Balaban J connectivity index is 1.12. The number of piperidine rings is 1. The summed E-state index contributed by atoms with van der Waals surface area (Å²) in [6, 6.07) is 16.8. The van der Waals surface area contributed by atoms with E-state index in [-0.39, 0.29) is 11.8 Å². The van der Waals surface area contributed by atoms with Gasteiger partial charge in [0.15, 0.2) is 0 Å². The van der Waals surface area contributed by atoms with Gasteiger partial charge in [-0.25, -0.2) is 0 Å². The molecule has 2 fully saturated rings. The standard InChI is InChI=1S/C27H32ClN5O2/c1-19(2)20-3-5-21(6-4-20)25-29-27(35-30-25)33-13-11-22(12-14-33)26(34)32-17-15-31(16-18-32)24-9-7-23(28)8-10-24/h3-10,19,22H,11-18H2,1-2H3. The summed E-state index contributed by atoms with van der Waals surface area (Å²) in [5, 5.41) is 4.93. The molecule has 0 radical (unpaired) electrons. The van der Waals surface area contributed by atoms with Gasteiger partial charge < -0.3 is 19.2 Å². The minimum atomic E-state index is 0.0549. The highest BCUT2D eigenvalue weighted by Crippen LogP contribution is 2.27. The van der Waals surface area contributed by atoms with E-state index >= 15 is 0 Å². The molecule has 3 heterocycles. The van der Waals surface area contributed by atoms with Gasteiger partial charge in [-0.05, 0) is 48.6 Å². The van der Waals surface area contributed by atoms with Crippen LogP contribution in [0.1, 0.15) is 38.2 Å². The Bertz CT molecular complexity index is 1130. The van der Waals surface area contributed by atoms with Crippen molar-refractivity contribution >= 4 is 29.2 Å². The number of amides is 1. The maximum Gasteiger partial charge on any atom is 0.324 e. The maximum absolute atomic E-state index is 13.2. The molecule has 7 nitrogen and oxygen atoms in total. The van der Waals surface area contributed by atoms with E-state index in [4.69, 9.17) is 16.1 Å². The fourth-order valence-corrected chi connectivity index (χ4v) is 5.02. The molecule has 0 atom stereocenters. The minimum absolute atomic E-state index is 0.0549. The molecule has 2 aliphatic rings. The van der Waals surface area contributed by atoms with Crippen molar-refractivity contribution in [3.05, 3.63) is 59.1 Å². The lowest BCUT2D eigenvalue weighted by Crippen LogP contribution is -2.51. The van der Waals surface area contributed by atoms with Crippen LogP contribution in [-0.4, -0.2) is 60.2 Å². The summed E-state index contributed by atoms with van der Waals surface area (Å²) in [4.78, 5) is 24.2. The Labute approximate surface area is 211 Å². The van der Waals surface area contributed by atoms with Crippen LogP contribution in [0.3, 0.4) is 0 Å². The van der Waals surface area contributed by atoms with E-state index in [1.807, 2.05) is 41.3 Å². The van der Waals surface area contributed by atoms with Gasteiger partial charge in [0.2, 0.25) is 11.7 Å². The van der Waals surface area contributed by atoms with Gasteiger partial charge in [-0.2, -0.15) is 4.98 Å². The van der Waals surface area contributed by atoms with Crippen molar-refractivity contribution in [2.75, 3.05) is 49.1 Å². The van der Waals surface area contributed by atoms with E-state index < -0.39 is 0 Å². The molecule has 2 saturated heterocycles. The second-order valence-electron chi connectivity index (χ2n) is 9.73. The summed E-state index contributed by atoms with van der Waals surface area (Å²) >= 11 is 6.01. The number of anilines is 2. The van der Waals surface area contributed by atoms with Gasteiger partial charge in [0.05, 0.1) is 0 Å². The third-order valence-corrected chi connectivity index (χ3v) is 7.40. The molecule has 3 aromatic rings. The summed E-state index contributed by atoms with van der Waals surface area (Å²) in [5.74, 6) is 1.42. The monoisotopic (exact) mass is 493 g/mol. The summed E-state index contributed by atoms with van der Waals surface area (Å²) in [6.45, 7) is 9.04. The first kappa shape index (κ1) is 23.7. The molecule has 0 saturated carbocycles.